The van der Waals surface area contributed by atoms with Crippen molar-refractivity contribution in [2.24, 2.45) is 0 Å². The van der Waals surface area contributed by atoms with Crippen molar-refractivity contribution in [1.82, 2.24) is 0 Å². The maximum absolute atomic E-state index is 5.92. The van der Waals surface area contributed by atoms with E-state index in [9.17, 15) is 0 Å². The minimum atomic E-state index is 0.556. The number of halogens is 1. The van der Waals surface area contributed by atoms with Crippen molar-refractivity contribution in [3.05, 3.63) is 59.6 Å². The highest BCUT2D eigenvalue weighted by molar-refractivity contribution is 6.32. The van der Waals surface area contributed by atoms with Gasteiger partial charge in [0.2, 0.25) is 0 Å². The molecule has 2 heteroatoms. The van der Waals surface area contributed by atoms with Gasteiger partial charge in [-0.05, 0) is 18.2 Å². The van der Waals surface area contributed by atoms with Crippen LogP contribution in [0, 0.1) is 6.07 Å². The molecule has 0 amide bonds. The van der Waals surface area contributed by atoms with Crippen LogP contribution in [-0.2, 0) is 0 Å². The third-order valence-electron chi connectivity index (χ3n) is 1.73. The van der Waals surface area contributed by atoms with Crippen molar-refractivity contribution >= 4 is 11.6 Å². The van der Waals surface area contributed by atoms with Crippen LogP contribution in [0.5, 0.6) is 11.5 Å². The first-order chi connectivity index (χ1) is 6.86. The summed E-state index contributed by atoms with van der Waals surface area (Å²) in [4.78, 5) is 0. The molecule has 0 N–H and O–H groups in total. The molecule has 0 aromatic heterocycles. The van der Waals surface area contributed by atoms with Crippen LogP contribution in [0.25, 0.3) is 0 Å². The smallest absolute Gasteiger partial charge is 0.153 e. The molecule has 0 spiro atoms. The summed E-state index contributed by atoms with van der Waals surface area (Å²) in [6.07, 6.45) is 0. The Kier molecular flexibility index (Phi) is 2.70. The molecular formula is C12H8ClO. The topological polar surface area (TPSA) is 9.23 Å². The predicted molar refractivity (Wildman–Crippen MR) is 56.8 cm³/mol. The molecule has 0 bridgehead atoms. The molecule has 0 saturated carbocycles. The number of rotatable bonds is 2. The normalized spacial score (nSPS) is 9.79. The molecule has 2 aromatic carbocycles. The van der Waals surface area contributed by atoms with Gasteiger partial charge in [0.05, 0.1) is 5.02 Å². The Bertz CT molecular complexity index is 412. The minimum Gasteiger partial charge on any atom is -0.455 e. The van der Waals surface area contributed by atoms with Gasteiger partial charge in [-0.2, -0.15) is 0 Å². The number of hydrogen-bond acceptors (Lipinski definition) is 1. The Morgan fingerprint density at radius 3 is 2.50 bits per heavy atom. The van der Waals surface area contributed by atoms with Crippen LogP contribution in [0.4, 0.5) is 0 Å². The molecule has 69 valence electrons. The zero-order chi connectivity index (χ0) is 9.80. The molecule has 0 saturated heterocycles. The summed E-state index contributed by atoms with van der Waals surface area (Å²) in [5.41, 5.74) is 0. The van der Waals surface area contributed by atoms with E-state index >= 15 is 0 Å². The van der Waals surface area contributed by atoms with Crippen LogP contribution in [0.15, 0.2) is 48.5 Å². The lowest BCUT2D eigenvalue weighted by atomic mass is 10.3. The van der Waals surface area contributed by atoms with Crippen LogP contribution < -0.4 is 4.74 Å². The molecule has 0 heterocycles. The standard InChI is InChI=1S/C12H8ClO/c13-11-8-4-5-9-12(11)14-10-6-2-1-3-7-10/h1-8H. The van der Waals surface area contributed by atoms with E-state index in [0.29, 0.717) is 10.8 Å². The van der Waals surface area contributed by atoms with E-state index in [0.717, 1.165) is 5.75 Å². The maximum atomic E-state index is 5.92. The van der Waals surface area contributed by atoms with Gasteiger partial charge in [0, 0.05) is 6.07 Å². The lowest BCUT2D eigenvalue weighted by Gasteiger charge is -2.05. The Labute approximate surface area is 87.9 Å². The molecule has 0 unspecified atom stereocenters. The molecule has 1 nitrogen and oxygen atoms in total. The highest BCUT2D eigenvalue weighted by atomic mass is 35.5. The third kappa shape index (κ3) is 2.06. The van der Waals surface area contributed by atoms with Gasteiger partial charge in [-0.15, -0.1) is 0 Å². The number of hydrogen-bond donors (Lipinski definition) is 0. The van der Waals surface area contributed by atoms with Crippen LogP contribution in [0.2, 0.25) is 5.02 Å². The Morgan fingerprint density at radius 1 is 1.00 bits per heavy atom. The molecule has 0 fully saturated rings. The maximum Gasteiger partial charge on any atom is 0.153 e. The van der Waals surface area contributed by atoms with E-state index in [-0.39, 0.29) is 0 Å². The summed E-state index contributed by atoms with van der Waals surface area (Å²) in [7, 11) is 0. The second kappa shape index (κ2) is 4.16. The average Bonchev–Trinajstić information content (AvgIpc) is 2.23. The van der Waals surface area contributed by atoms with Crippen molar-refractivity contribution < 1.29 is 4.74 Å². The van der Waals surface area contributed by atoms with E-state index in [1.165, 1.54) is 0 Å². The summed E-state index contributed by atoms with van der Waals surface area (Å²) in [5.74, 6) is 1.32. The number of benzene rings is 2. The lowest BCUT2D eigenvalue weighted by molar-refractivity contribution is 0.482. The van der Waals surface area contributed by atoms with E-state index in [1.54, 1.807) is 12.1 Å². The van der Waals surface area contributed by atoms with E-state index in [4.69, 9.17) is 16.3 Å². The highest BCUT2D eigenvalue weighted by Gasteiger charge is 2.00. The molecule has 14 heavy (non-hydrogen) atoms. The highest BCUT2D eigenvalue weighted by Crippen LogP contribution is 2.27. The Hall–Kier alpha value is -1.47. The van der Waals surface area contributed by atoms with Crippen molar-refractivity contribution in [2.75, 3.05) is 0 Å². The summed E-state index contributed by atoms with van der Waals surface area (Å²) >= 11 is 5.92. The van der Waals surface area contributed by atoms with Crippen molar-refractivity contribution in [2.45, 2.75) is 0 Å². The largest absolute Gasteiger partial charge is 0.455 e. The number of para-hydroxylation sites is 2. The zero-order valence-electron chi connectivity index (χ0n) is 7.41. The quantitative estimate of drug-likeness (QED) is 0.719. The zero-order valence-corrected chi connectivity index (χ0v) is 8.16. The fourth-order valence-corrected chi connectivity index (χ4v) is 1.25. The Balaban J connectivity index is 2.24. The van der Waals surface area contributed by atoms with Gasteiger partial charge in [-0.1, -0.05) is 41.9 Å². The van der Waals surface area contributed by atoms with Gasteiger partial charge in [-0.3, -0.25) is 0 Å². The van der Waals surface area contributed by atoms with E-state index < -0.39 is 0 Å². The van der Waals surface area contributed by atoms with Gasteiger partial charge in [-0.25, -0.2) is 0 Å². The van der Waals surface area contributed by atoms with E-state index in [1.807, 2.05) is 36.4 Å². The second-order valence-corrected chi connectivity index (χ2v) is 3.17. The fourth-order valence-electron chi connectivity index (χ4n) is 1.09. The average molecular weight is 204 g/mol. The first-order valence-electron chi connectivity index (χ1n) is 4.25. The summed E-state index contributed by atoms with van der Waals surface area (Å²) < 4.78 is 5.52. The summed E-state index contributed by atoms with van der Waals surface area (Å²) in [6, 6.07) is 17.8. The molecule has 2 aromatic rings. The van der Waals surface area contributed by atoms with Crippen LogP contribution in [0.3, 0.4) is 0 Å². The van der Waals surface area contributed by atoms with E-state index in [2.05, 4.69) is 6.07 Å². The summed E-state index contributed by atoms with van der Waals surface area (Å²) in [6.45, 7) is 0. The third-order valence-corrected chi connectivity index (χ3v) is 2.03. The molecule has 2 rings (SSSR count). The SMILES string of the molecule is Clc1ccc[c]c1Oc1ccccc1. The molecular weight excluding hydrogens is 196 g/mol. The van der Waals surface area contributed by atoms with Crippen LogP contribution in [-0.4, -0.2) is 0 Å². The van der Waals surface area contributed by atoms with Crippen LogP contribution >= 0.6 is 11.6 Å². The van der Waals surface area contributed by atoms with Gasteiger partial charge >= 0.3 is 0 Å². The van der Waals surface area contributed by atoms with Crippen molar-refractivity contribution in [3.8, 4) is 11.5 Å². The van der Waals surface area contributed by atoms with Crippen molar-refractivity contribution in [1.29, 1.82) is 0 Å². The molecule has 1 radical (unpaired) electrons. The van der Waals surface area contributed by atoms with Gasteiger partial charge < -0.3 is 4.74 Å². The van der Waals surface area contributed by atoms with Crippen molar-refractivity contribution in [3.63, 3.8) is 0 Å². The van der Waals surface area contributed by atoms with Gasteiger partial charge in [0.15, 0.2) is 5.75 Å². The van der Waals surface area contributed by atoms with Gasteiger partial charge in [0.1, 0.15) is 5.75 Å². The summed E-state index contributed by atoms with van der Waals surface area (Å²) in [5, 5.41) is 0.566. The minimum absolute atomic E-state index is 0.556. The lowest BCUT2D eigenvalue weighted by Crippen LogP contribution is -1.83. The molecule has 0 aliphatic carbocycles. The predicted octanol–water partition coefficient (Wildman–Crippen LogP) is 3.93. The molecule has 0 aliphatic heterocycles. The molecule has 0 atom stereocenters. The van der Waals surface area contributed by atoms with Crippen LogP contribution in [0.1, 0.15) is 0 Å². The Morgan fingerprint density at radius 2 is 1.79 bits per heavy atom. The number of ether oxygens (including phenoxy) is 1. The fraction of sp³-hybridized carbons (Fsp3) is 0. The first kappa shape index (κ1) is 9.10. The van der Waals surface area contributed by atoms with Gasteiger partial charge in [0.25, 0.3) is 0 Å². The molecule has 0 aliphatic rings. The first-order valence-corrected chi connectivity index (χ1v) is 4.63. The second-order valence-electron chi connectivity index (χ2n) is 2.76. The monoisotopic (exact) mass is 203 g/mol.